The number of piperidine rings is 1. The van der Waals surface area contributed by atoms with Gasteiger partial charge in [0.05, 0.1) is 0 Å². The molecule has 0 radical (unpaired) electrons. The maximum absolute atomic E-state index is 12.5. The summed E-state index contributed by atoms with van der Waals surface area (Å²) < 4.78 is 2.12. The fourth-order valence-electron chi connectivity index (χ4n) is 4.85. The number of aromatic nitrogens is 1. The second-order valence-corrected chi connectivity index (χ2v) is 7.74. The summed E-state index contributed by atoms with van der Waals surface area (Å²) in [7, 11) is 0. The van der Waals surface area contributed by atoms with E-state index in [2.05, 4.69) is 64.9 Å². The monoisotopic (exact) mass is 348 g/mol. The fraction of sp³-hybridized carbons (Fsp3) is 0.435. The van der Waals surface area contributed by atoms with Gasteiger partial charge in [0.2, 0.25) is 0 Å². The molecule has 0 N–H and O–H groups in total. The van der Waals surface area contributed by atoms with Gasteiger partial charge in [-0.15, -0.1) is 0 Å². The molecule has 0 saturated carbocycles. The van der Waals surface area contributed by atoms with Crippen LogP contribution in [0.5, 0.6) is 0 Å². The Labute approximate surface area is 156 Å². The maximum Gasteiger partial charge on any atom is 0.250 e. The first-order chi connectivity index (χ1) is 12.8. The van der Waals surface area contributed by atoms with Crippen molar-refractivity contribution >= 4 is 6.08 Å². The lowest BCUT2D eigenvalue weighted by molar-refractivity contribution is 0.0950. The molecule has 3 heteroatoms. The van der Waals surface area contributed by atoms with Gasteiger partial charge in [-0.2, -0.15) is 0 Å². The molecule has 0 amide bonds. The SMILES string of the molecule is CCC[C@H]1[C@H]2C[C@H](CN(CC=Cc3ccccc3)C2)c2cccc(=O)n21. The second-order valence-electron chi connectivity index (χ2n) is 7.74. The molecule has 3 atom stereocenters. The van der Waals surface area contributed by atoms with Crippen molar-refractivity contribution in [3.63, 3.8) is 0 Å². The number of fused-ring (bicyclic) bond motifs is 4. The Hall–Kier alpha value is -2.13. The molecule has 2 aliphatic rings. The lowest BCUT2D eigenvalue weighted by atomic mass is 9.77. The third-order valence-corrected chi connectivity index (χ3v) is 5.93. The van der Waals surface area contributed by atoms with Crippen molar-refractivity contribution in [1.82, 2.24) is 9.47 Å². The number of hydrogen-bond acceptors (Lipinski definition) is 2. The first kappa shape index (κ1) is 17.3. The number of benzene rings is 1. The quantitative estimate of drug-likeness (QED) is 0.804. The average molecular weight is 348 g/mol. The normalized spacial score (nSPS) is 25.3. The van der Waals surface area contributed by atoms with Gasteiger partial charge in [0.15, 0.2) is 0 Å². The average Bonchev–Trinajstić information content (AvgIpc) is 2.66. The first-order valence-corrected chi connectivity index (χ1v) is 9.91. The van der Waals surface area contributed by atoms with Gasteiger partial charge in [0.1, 0.15) is 0 Å². The minimum absolute atomic E-state index is 0.188. The number of pyridine rings is 1. The molecule has 2 bridgehead atoms. The maximum atomic E-state index is 12.5. The van der Waals surface area contributed by atoms with Crippen molar-refractivity contribution < 1.29 is 0 Å². The van der Waals surface area contributed by atoms with E-state index in [4.69, 9.17) is 0 Å². The number of hydrogen-bond donors (Lipinski definition) is 0. The van der Waals surface area contributed by atoms with E-state index in [9.17, 15) is 4.79 Å². The van der Waals surface area contributed by atoms with E-state index in [0.717, 1.165) is 32.5 Å². The molecule has 0 unspecified atom stereocenters. The summed E-state index contributed by atoms with van der Waals surface area (Å²) in [6.07, 6.45) is 7.95. The molecule has 3 nitrogen and oxygen atoms in total. The molecule has 0 aliphatic carbocycles. The third kappa shape index (κ3) is 3.41. The van der Waals surface area contributed by atoms with Gasteiger partial charge in [-0.3, -0.25) is 9.69 Å². The summed E-state index contributed by atoms with van der Waals surface area (Å²) >= 11 is 0. The van der Waals surface area contributed by atoms with E-state index < -0.39 is 0 Å². The van der Waals surface area contributed by atoms with E-state index in [0.29, 0.717) is 17.9 Å². The molecule has 1 aromatic carbocycles. The molecule has 3 heterocycles. The molecule has 1 aromatic heterocycles. The van der Waals surface area contributed by atoms with Crippen LogP contribution in [0.2, 0.25) is 0 Å². The molecule has 136 valence electrons. The highest BCUT2D eigenvalue weighted by molar-refractivity contribution is 5.48. The van der Waals surface area contributed by atoms with Crippen LogP contribution in [0.4, 0.5) is 0 Å². The van der Waals surface area contributed by atoms with Crippen LogP contribution in [-0.2, 0) is 0 Å². The predicted octanol–water partition coefficient (Wildman–Crippen LogP) is 4.32. The minimum atomic E-state index is 0.188. The summed E-state index contributed by atoms with van der Waals surface area (Å²) in [4.78, 5) is 15.1. The molecule has 0 spiro atoms. The molecule has 2 aromatic rings. The van der Waals surface area contributed by atoms with Gasteiger partial charge in [-0.25, -0.2) is 0 Å². The van der Waals surface area contributed by atoms with E-state index in [1.165, 1.54) is 17.7 Å². The summed E-state index contributed by atoms with van der Waals surface area (Å²) in [5, 5.41) is 0. The highest BCUT2D eigenvalue weighted by atomic mass is 16.1. The molecule has 1 fully saturated rings. The molecule has 1 saturated heterocycles. The molecule has 26 heavy (non-hydrogen) atoms. The van der Waals surface area contributed by atoms with Crippen LogP contribution in [0, 0.1) is 5.92 Å². The third-order valence-electron chi connectivity index (χ3n) is 5.93. The van der Waals surface area contributed by atoms with Crippen molar-refractivity contribution in [3.05, 3.63) is 76.2 Å². The van der Waals surface area contributed by atoms with Gasteiger partial charge < -0.3 is 4.57 Å². The van der Waals surface area contributed by atoms with Crippen molar-refractivity contribution in [3.8, 4) is 0 Å². The van der Waals surface area contributed by atoms with Crippen molar-refractivity contribution in [2.45, 2.75) is 38.1 Å². The Morgan fingerprint density at radius 1 is 1.08 bits per heavy atom. The fourth-order valence-corrected chi connectivity index (χ4v) is 4.85. The minimum Gasteiger partial charge on any atom is -0.309 e. The van der Waals surface area contributed by atoms with E-state index in [1.807, 2.05) is 6.07 Å². The number of rotatable bonds is 5. The van der Waals surface area contributed by atoms with Crippen LogP contribution in [0.3, 0.4) is 0 Å². The van der Waals surface area contributed by atoms with Crippen LogP contribution >= 0.6 is 0 Å². The first-order valence-electron chi connectivity index (χ1n) is 9.91. The summed E-state index contributed by atoms with van der Waals surface area (Å²) in [6.45, 7) is 5.36. The van der Waals surface area contributed by atoms with Crippen LogP contribution in [-0.4, -0.2) is 29.1 Å². The molecular weight excluding hydrogens is 320 g/mol. The zero-order chi connectivity index (χ0) is 17.9. The van der Waals surface area contributed by atoms with Crippen molar-refractivity contribution in [1.29, 1.82) is 0 Å². The van der Waals surface area contributed by atoms with Crippen LogP contribution in [0.15, 0.2) is 59.4 Å². The molecular formula is C23H28N2O. The summed E-state index contributed by atoms with van der Waals surface area (Å²) in [6, 6.07) is 16.7. The standard InChI is InChI=1S/C23H28N2O/c1-2-8-21-19-15-20(22-12-6-13-23(26)25(21)22)17-24(16-19)14-7-11-18-9-4-3-5-10-18/h3-7,9-13,19-21H,2,8,14-17H2,1H3/t19-,20+,21-/m0/s1. The van der Waals surface area contributed by atoms with Crippen molar-refractivity contribution in [2.24, 2.45) is 5.92 Å². The Kier molecular flexibility index (Phi) is 5.07. The Bertz CT molecular complexity index is 824. The Morgan fingerprint density at radius 2 is 1.92 bits per heavy atom. The van der Waals surface area contributed by atoms with Crippen LogP contribution in [0.1, 0.15) is 49.4 Å². The van der Waals surface area contributed by atoms with Crippen LogP contribution in [0.25, 0.3) is 6.08 Å². The zero-order valence-electron chi connectivity index (χ0n) is 15.6. The van der Waals surface area contributed by atoms with Gasteiger partial charge in [0, 0.05) is 43.4 Å². The Balaban J connectivity index is 1.53. The van der Waals surface area contributed by atoms with Crippen molar-refractivity contribution in [2.75, 3.05) is 19.6 Å². The van der Waals surface area contributed by atoms with E-state index in [-0.39, 0.29) is 5.56 Å². The zero-order valence-corrected chi connectivity index (χ0v) is 15.6. The highest BCUT2D eigenvalue weighted by Gasteiger charge is 2.39. The predicted molar refractivity (Wildman–Crippen MR) is 107 cm³/mol. The second kappa shape index (κ2) is 7.63. The summed E-state index contributed by atoms with van der Waals surface area (Å²) in [5.74, 6) is 1.08. The highest BCUT2D eigenvalue weighted by Crippen LogP contribution is 2.42. The smallest absolute Gasteiger partial charge is 0.250 e. The van der Waals surface area contributed by atoms with E-state index >= 15 is 0 Å². The van der Waals surface area contributed by atoms with Gasteiger partial charge in [-0.1, -0.05) is 61.9 Å². The lowest BCUT2D eigenvalue weighted by Gasteiger charge is -2.47. The lowest BCUT2D eigenvalue weighted by Crippen LogP contribution is -2.49. The Morgan fingerprint density at radius 3 is 2.73 bits per heavy atom. The summed E-state index contributed by atoms with van der Waals surface area (Å²) in [5.41, 5.74) is 2.70. The van der Waals surface area contributed by atoms with E-state index in [1.54, 1.807) is 6.07 Å². The molecule has 4 rings (SSSR count). The van der Waals surface area contributed by atoms with Gasteiger partial charge in [-0.05, 0) is 30.4 Å². The molecule has 2 aliphatic heterocycles. The van der Waals surface area contributed by atoms with Gasteiger partial charge >= 0.3 is 0 Å². The number of likely N-dealkylation sites (tertiary alicyclic amines) is 1. The number of nitrogens with zero attached hydrogens (tertiary/aromatic N) is 2. The van der Waals surface area contributed by atoms with Crippen LogP contribution < -0.4 is 5.56 Å². The largest absolute Gasteiger partial charge is 0.309 e. The van der Waals surface area contributed by atoms with Gasteiger partial charge in [0.25, 0.3) is 5.56 Å². The topological polar surface area (TPSA) is 25.2 Å².